The molecule has 0 aromatic carbocycles. The van der Waals surface area contributed by atoms with E-state index in [4.69, 9.17) is 9.84 Å². The first-order chi connectivity index (χ1) is 15.5. The number of methoxy groups -OCH3 is 1. The summed E-state index contributed by atoms with van der Waals surface area (Å²) in [6, 6.07) is 0. The minimum Gasteiger partial charge on any atom is -0.481 e. The molecule has 0 amide bonds. The Morgan fingerprint density at radius 1 is 1.03 bits per heavy atom. The molecular formula is C26H46O5S. The van der Waals surface area contributed by atoms with Gasteiger partial charge in [-0.1, -0.05) is 82.8 Å². The quantitative estimate of drug-likeness (QED) is 0.135. The summed E-state index contributed by atoms with van der Waals surface area (Å²) in [5.41, 5.74) is 1.21. The van der Waals surface area contributed by atoms with Gasteiger partial charge < -0.3 is 14.9 Å². The topological polar surface area (TPSA) is 83.8 Å². The van der Waals surface area contributed by atoms with Crippen molar-refractivity contribution in [3.8, 4) is 0 Å². The zero-order valence-corrected chi connectivity index (χ0v) is 21.2. The maximum Gasteiger partial charge on any atom is 0.315 e. The van der Waals surface area contributed by atoms with E-state index in [-0.39, 0.29) is 29.3 Å². The van der Waals surface area contributed by atoms with Gasteiger partial charge in [-0.05, 0) is 38.0 Å². The van der Waals surface area contributed by atoms with Crippen molar-refractivity contribution in [2.75, 3.05) is 12.9 Å². The molecule has 0 bridgehead atoms. The van der Waals surface area contributed by atoms with Crippen molar-refractivity contribution in [3.05, 3.63) is 11.6 Å². The Bertz CT molecular complexity index is 548. The number of carboxylic acid groups (broad SMARTS) is 1. The molecule has 0 radical (unpaired) electrons. The summed E-state index contributed by atoms with van der Waals surface area (Å²) in [6.07, 6.45) is 19.5. The van der Waals surface area contributed by atoms with Crippen molar-refractivity contribution >= 4 is 23.7 Å². The number of thioether (sulfide) groups is 1. The van der Waals surface area contributed by atoms with Crippen LogP contribution in [0.25, 0.3) is 0 Å². The fourth-order valence-electron chi connectivity index (χ4n) is 4.49. The molecule has 6 heteroatoms. The Morgan fingerprint density at radius 2 is 1.62 bits per heavy atom. The summed E-state index contributed by atoms with van der Waals surface area (Å²) >= 11 is 1.43. The standard InChI is InChI=1S/C26H46O5S/c1-3-4-5-6-7-8-9-10-11-12-13-14-15-22-17-16-21(18-19-23(27)28)25(30)26(22)32-20-24(29)31-2/h15,21,25-26,30H,3-14,16-20H2,1-2H3,(H,27,28)/b22-15+/t21-,25-,26-/m0/s1. The second kappa shape index (κ2) is 18.4. The number of carbonyl (C=O) groups is 2. The molecule has 0 aromatic heterocycles. The van der Waals surface area contributed by atoms with Crippen LogP contribution in [0.5, 0.6) is 0 Å². The summed E-state index contributed by atoms with van der Waals surface area (Å²) < 4.78 is 4.76. The number of esters is 1. The Kier molecular flexibility index (Phi) is 16.7. The van der Waals surface area contributed by atoms with Crippen molar-refractivity contribution in [2.45, 2.75) is 121 Å². The smallest absolute Gasteiger partial charge is 0.315 e. The molecule has 5 nitrogen and oxygen atoms in total. The number of carboxylic acids is 1. The first kappa shape index (κ1) is 29.0. The number of unbranched alkanes of at least 4 members (excludes halogenated alkanes) is 11. The summed E-state index contributed by atoms with van der Waals surface area (Å²) in [5.74, 6) is -0.937. The number of aliphatic hydroxyl groups is 1. The molecule has 0 heterocycles. The highest BCUT2D eigenvalue weighted by atomic mass is 32.2. The highest BCUT2D eigenvalue weighted by molar-refractivity contribution is 8.00. The molecule has 1 fully saturated rings. The Labute approximate surface area is 199 Å². The minimum atomic E-state index is -0.825. The molecule has 0 unspecified atom stereocenters. The molecule has 0 saturated heterocycles. The fourth-order valence-corrected chi connectivity index (χ4v) is 5.77. The van der Waals surface area contributed by atoms with Crippen molar-refractivity contribution in [3.63, 3.8) is 0 Å². The summed E-state index contributed by atoms with van der Waals surface area (Å²) in [4.78, 5) is 22.5. The van der Waals surface area contributed by atoms with Crippen LogP contribution in [0, 0.1) is 5.92 Å². The van der Waals surface area contributed by atoms with Crippen LogP contribution in [0.3, 0.4) is 0 Å². The van der Waals surface area contributed by atoms with E-state index in [9.17, 15) is 14.7 Å². The Morgan fingerprint density at radius 3 is 2.19 bits per heavy atom. The van der Waals surface area contributed by atoms with E-state index in [1.807, 2.05) is 0 Å². The van der Waals surface area contributed by atoms with E-state index in [0.29, 0.717) is 6.42 Å². The van der Waals surface area contributed by atoms with Gasteiger partial charge in [-0.3, -0.25) is 9.59 Å². The van der Waals surface area contributed by atoms with E-state index < -0.39 is 12.1 Å². The third-order valence-corrected chi connectivity index (χ3v) is 7.86. The lowest BCUT2D eigenvalue weighted by Crippen LogP contribution is -2.38. The Balaban J connectivity index is 2.36. The zero-order valence-electron chi connectivity index (χ0n) is 20.4. The molecule has 2 N–H and O–H groups in total. The molecule has 0 aliphatic heterocycles. The van der Waals surface area contributed by atoms with Crippen molar-refractivity contribution < 1.29 is 24.5 Å². The molecule has 1 saturated carbocycles. The number of allylic oxidation sites excluding steroid dienone is 1. The first-order valence-electron chi connectivity index (χ1n) is 12.8. The largest absolute Gasteiger partial charge is 0.481 e. The van der Waals surface area contributed by atoms with Crippen LogP contribution in [0.2, 0.25) is 0 Å². The maximum atomic E-state index is 11.6. The molecule has 1 aliphatic carbocycles. The predicted molar refractivity (Wildman–Crippen MR) is 133 cm³/mol. The van der Waals surface area contributed by atoms with Crippen LogP contribution in [0.15, 0.2) is 11.6 Å². The van der Waals surface area contributed by atoms with Crippen LogP contribution >= 0.6 is 11.8 Å². The molecule has 32 heavy (non-hydrogen) atoms. The van der Waals surface area contributed by atoms with Gasteiger partial charge in [-0.15, -0.1) is 11.8 Å². The van der Waals surface area contributed by atoms with E-state index in [0.717, 1.165) is 25.7 Å². The normalized spacial score (nSPS) is 22.2. The van der Waals surface area contributed by atoms with Crippen molar-refractivity contribution in [1.82, 2.24) is 0 Å². The van der Waals surface area contributed by atoms with Gasteiger partial charge in [0.25, 0.3) is 0 Å². The number of aliphatic hydroxyl groups excluding tert-OH is 1. The number of hydrogen-bond acceptors (Lipinski definition) is 5. The van der Waals surface area contributed by atoms with E-state index in [2.05, 4.69) is 13.0 Å². The average Bonchev–Trinajstić information content (AvgIpc) is 2.78. The molecule has 1 rings (SSSR count). The van der Waals surface area contributed by atoms with Gasteiger partial charge in [0, 0.05) is 6.42 Å². The molecule has 0 spiro atoms. The van der Waals surface area contributed by atoms with Gasteiger partial charge in [-0.25, -0.2) is 0 Å². The van der Waals surface area contributed by atoms with Crippen LogP contribution in [-0.2, 0) is 14.3 Å². The van der Waals surface area contributed by atoms with E-state index >= 15 is 0 Å². The SMILES string of the molecule is CCCCCCCCCCCCC/C=C1\CC[C@@H](CCC(=O)O)[C@H](O)[C@H]1SCC(=O)OC. The van der Waals surface area contributed by atoms with Crippen molar-refractivity contribution in [2.24, 2.45) is 5.92 Å². The summed E-state index contributed by atoms with van der Waals surface area (Å²) in [7, 11) is 1.37. The third-order valence-electron chi connectivity index (χ3n) is 6.51. The fraction of sp³-hybridized carbons (Fsp3) is 0.846. The van der Waals surface area contributed by atoms with Crippen LogP contribution in [-0.4, -0.2) is 46.4 Å². The van der Waals surface area contributed by atoms with Crippen LogP contribution < -0.4 is 0 Å². The summed E-state index contributed by atoms with van der Waals surface area (Å²) in [5, 5.41) is 19.7. The van der Waals surface area contributed by atoms with E-state index in [1.165, 1.54) is 88.7 Å². The van der Waals surface area contributed by atoms with Crippen LogP contribution in [0.1, 0.15) is 110 Å². The maximum absolute atomic E-state index is 11.6. The highest BCUT2D eigenvalue weighted by Crippen LogP contribution is 2.39. The molecule has 1 aliphatic rings. The minimum absolute atomic E-state index is 0.0274. The van der Waals surface area contributed by atoms with Gasteiger partial charge >= 0.3 is 11.9 Å². The lowest BCUT2D eigenvalue weighted by atomic mass is 9.80. The number of hydrogen-bond donors (Lipinski definition) is 2. The van der Waals surface area contributed by atoms with Gasteiger partial charge in [0.15, 0.2) is 0 Å². The number of aliphatic carboxylic acids is 1. The lowest BCUT2D eigenvalue weighted by molar-refractivity contribution is -0.138. The van der Waals surface area contributed by atoms with Crippen LogP contribution in [0.4, 0.5) is 0 Å². The molecule has 0 aromatic rings. The van der Waals surface area contributed by atoms with Crippen molar-refractivity contribution in [1.29, 1.82) is 0 Å². The van der Waals surface area contributed by atoms with Gasteiger partial charge in [0.05, 0.1) is 24.2 Å². The van der Waals surface area contributed by atoms with Gasteiger partial charge in [0.1, 0.15) is 0 Å². The first-order valence-corrected chi connectivity index (χ1v) is 13.8. The number of carbonyl (C=O) groups excluding carboxylic acids is 1. The summed E-state index contributed by atoms with van der Waals surface area (Å²) in [6.45, 7) is 2.26. The Hall–Kier alpha value is -1.01. The lowest BCUT2D eigenvalue weighted by Gasteiger charge is -2.36. The molecule has 3 atom stereocenters. The predicted octanol–water partition coefficient (Wildman–Crippen LogP) is 6.52. The zero-order chi connectivity index (χ0) is 23.6. The second-order valence-electron chi connectivity index (χ2n) is 9.13. The van der Waals surface area contributed by atoms with E-state index in [1.54, 1.807) is 0 Å². The third kappa shape index (κ3) is 12.9. The number of rotatable bonds is 18. The van der Waals surface area contributed by atoms with Gasteiger partial charge in [-0.2, -0.15) is 0 Å². The van der Waals surface area contributed by atoms with Gasteiger partial charge in [0.2, 0.25) is 0 Å². The average molecular weight is 471 g/mol. The highest BCUT2D eigenvalue weighted by Gasteiger charge is 2.35. The monoisotopic (exact) mass is 470 g/mol. The number of ether oxygens (including phenoxy) is 1. The molecular weight excluding hydrogens is 424 g/mol. The second-order valence-corrected chi connectivity index (χ2v) is 10.3. The molecule has 186 valence electrons.